The van der Waals surface area contributed by atoms with E-state index in [0.29, 0.717) is 48.4 Å². The van der Waals surface area contributed by atoms with Crippen molar-refractivity contribution >= 4 is 34.8 Å². The molecule has 3 aromatic rings. The quantitative estimate of drug-likeness (QED) is 0.586. The number of ether oxygens (including phenoxy) is 2. The highest BCUT2D eigenvalue weighted by Crippen LogP contribution is 2.31. The van der Waals surface area contributed by atoms with Crippen molar-refractivity contribution in [3.63, 3.8) is 0 Å². The van der Waals surface area contributed by atoms with E-state index in [9.17, 15) is 9.59 Å². The SMILES string of the molecule is O=C(c1csc(-c2ccc(Cl)cc2)n1)N1CCN(C(=O)C2COc3ccccc3O2)CC1. The standard InChI is InChI=1S/C23H20ClN3O4S/c24-16-7-5-15(6-8-16)21-25-17(14-32-21)22(28)26-9-11-27(12-10-26)23(29)20-13-30-18-3-1-2-4-19(18)31-20/h1-8,14,20H,9-13H2. The molecule has 0 N–H and O–H groups in total. The summed E-state index contributed by atoms with van der Waals surface area (Å²) < 4.78 is 11.5. The first kappa shape index (κ1) is 20.8. The largest absolute Gasteiger partial charge is 0.485 e. The van der Waals surface area contributed by atoms with E-state index in [1.54, 1.807) is 33.4 Å². The Morgan fingerprint density at radius 1 is 0.969 bits per heavy atom. The number of carbonyl (C=O) groups excluding carboxylic acids is 2. The molecule has 2 aliphatic rings. The smallest absolute Gasteiger partial charge is 0.273 e. The predicted molar refractivity (Wildman–Crippen MR) is 121 cm³/mol. The number of benzene rings is 2. The van der Waals surface area contributed by atoms with Crippen molar-refractivity contribution in [2.75, 3.05) is 32.8 Å². The highest BCUT2D eigenvalue weighted by molar-refractivity contribution is 7.13. The summed E-state index contributed by atoms with van der Waals surface area (Å²) in [6.45, 7) is 1.97. The van der Waals surface area contributed by atoms with Gasteiger partial charge in [0.05, 0.1) is 0 Å². The van der Waals surface area contributed by atoms with Crippen molar-refractivity contribution in [2.45, 2.75) is 6.10 Å². The van der Waals surface area contributed by atoms with Crippen molar-refractivity contribution < 1.29 is 19.1 Å². The van der Waals surface area contributed by atoms with Crippen LogP contribution in [-0.4, -0.2) is 65.5 Å². The fourth-order valence-corrected chi connectivity index (χ4v) is 4.66. The molecule has 0 aliphatic carbocycles. The van der Waals surface area contributed by atoms with Crippen molar-refractivity contribution in [3.05, 3.63) is 64.6 Å². The minimum atomic E-state index is -0.673. The van der Waals surface area contributed by atoms with Crippen LogP contribution in [0.4, 0.5) is 0 Å². The number of nitrogens with zero attached hydrogens (tertiary/aromatic N) is 3. The lowest BCUT2D eigenvalue weighted by Gasteiger charge is -2.37. The van der Waals surface area contributed by atoms with Crippen LogP contribution in [0.25, 0.3) is 10.6 Å². The molecular weight excluding hydrogens is 450 g/mol. The molecule has 164 valence electrons. The number of halogens is 1. The van der Waals surface area contributed by atoms with E-state index in [1.807, 2.05) is 30.3 Å². The number of hydrogen-bond donors (Lipinski definition) is 0. The summed E-state index contributed by atoms with van der Waals surface area (Å²) in [5.74, 6) is 0.976. The van der Waals surface area contributed by atoms with Crippen LogP contribution in [0, 0.1) is 0 Å². The summed E-state index contributed by atoms with van der Waals surface area (Å²) >= 11 is 7.36. The molecule has 3 heterocycles. The Hall–Kier alpha value is -3.10. The highest BCUT2D eigenvalue weighted by Gasteiger charge is 2.33. The molecule has 2 aromatic carbocycles. The number of para-hydroxylation sites is 2. The van der Waals surface area contributed by atoms with Crippen molar-refractivity contribution in [1.29, 1.82) is 0 Å². The van der Waals surface area contributed by atoms with Gasteiger partial charge in [-0.3, -0.25) is 9.59 Å². The topological polar surface area (TPSA) is 72.0 Å². The maximum Gasteiger partial charge on any atom is 0.273 e. The van der Waals surface area contributed by atoms with Gasteiger partial charge in [-0.2, -0.15) is 0 Å². The maximum atomic E-state index is 12.9. The zero-order chi connectivity index (χ0) is 22.1. The predicted octanol–water partition coefficient (Wildman–Crippen LogP) is 3.59. The van der Waals surface area contributed by atoms with Crippen LogP contribution in [0.2, 0.25) is 5.02 Å². The molecule has 0 saturated carbocycles. The van der Waals surface area contributed by atoms with Crippen molar-refractivity contribution in [3.8, 4) is 22.1 Å². The molecule has 0 spiro atoms. The molecule has 0 radical (unpaired) electrons. The number of piperazine rings is 1. The molecule has 9 heteroatoms. The Labute approximate surface area is 194 Å². The van der Waals surface area contributed by atoms with Gasteiger partial charge in [0.25, 0.3) is 11.8 Å². The van der Waals surface area contributed by atoms with Crippen LogP contribution < -0.4 is 9.47 Å². The zero-order valence-electron chi connectivity index (χ0n) is 17.1. The Morgan fingerprint density at radius 2 is 1.66 bits per heavy atom. The number of hydrogen-bond acceptors (Lipinski definition) is 6. The Kier molecular flexibility index (Phi) is 5.71. The molecular formula is C23H20ClN3O4S. The zero-order valence-corrected chi connectivity index (χ0v) is 18.6. The van der Waals surface area contributed by atoms with E-state index in [2.05, 4.69) is 4.98 Å². The lowest BCUT2D eigenvalue weighted by molar-refractivity contribution is -0.142. The van der Waals surface area contributed by atoms with Gasteiger partial charge in [-0.15, -0.1) is 11.3 Å². The number of fused-ring (bicyclic) bond motifs is 1. The molecule has 1 fully saturated rings. The summed E-state index contributed by atoms with van der Waals surface area (Å²) in [6.07, 6.45) is -0.673. The molecule has 2 amide bonds. The first-order valence-electron chi connectivity index (χ1n) is 10.3. The second-order valence-electron chi connectivity index (χ2n) is 7.53. The van der Waals surface area contributed by atoms with Crippen LogP contribution >= 0.6 is 22.9 Å². The Bertz CT molecular complexity index is 1140. The molecule has 2 aliphatic heterocycles. The number of aromatic nitrogens is 1. The van der Waals surface area contributed by atoms with Crippen LogP contribution in [0.5, 0.6) is 11.5 Å². The summed E-state index contributed by atoms with van der Waals surface area (Å²) in [4.78, 5) is 33.8. The lowest BCUT2D eigenvalue weighted by Crippen LogP contribution is -2.55. The van der Waals surface area contributed by atoms with Gasteiger partial charge in [-0.1, -0.05) is 35.9 Å². The average Bonchev–Trinajstić information content (AvgIpc) is 3.34. The van der Waals surface area contributed by atoms with Crippen LogP contribution in [-0.2, 0) is 4.79 Å². The van der Waals surface area contributed by atoms with Crippen LogP contribution in [0.3, 0.4) is 0 Å². The first-order valence-corrected chi connectivity index (χ1v) is 11.5. The van der Waals surface area contributed by atoms with Crippen LogP contribution in [0.15, 0.2) is 53.9 Å². The highest BCUT2D eigenvalue weighted by atomic mass is 35.5. The lowest BCUT2D eigenvalue weighted by atomic mass is 10.2. The maximum absolute atomic E-state index is 12.9. The molecule has 32 heavy (non-hydrogen) atoms. The molecule has 1 unspecified atom stereocenters. The Morgan fingerprint density at radius 3 is 2.41 bits per heavy atom. The monoisotopic (exact) mass is 469 g/mol. The second kappa shape index (κ2) is 8.80. The van der Waals surface area contributed by atoms with E-state index < -0.39 is 6.10 Å². The number of rotatable bonds is 3. The summed E-state index contributed by atoms with van der Waals surface area (Å²) in [7, 11) is 0. The van der Waals surface area contributed by atoms with Gasteiger partial charge in [0.15, 0.2) is 11.5 Å². The van der Waals surface area contributed by atoms with Gasteiger partial charge in [0.1, 0.15) is 17.3 Å². The molecule has 7 nitrogen and oxygen atoms in total. The van der Waals surface area contributed by atoms with Gasteiger partial charge < -0.3 is 19.3 Å². The number of carbonyl (C=O) groups is 2. The molecule has 1 atom stereocenters. The molecule has 0 bridgehead atoms. The molecule has 1 aromatic heterocycles. The molecule has 5 rings (SSSR count). The summed E-state index contributed by atoms with van der Waals surface area (Å²) in [5.41, 5.74) is 1.34. The van der Waals surface area contributed by atoms with E-state index in [1.165, 1.54) is 11.3 Å². The van der Waals surface area contributed by atoms with Gasteiger partial charge in [-0.25, -0.2) is 4.98 Å². The van der Waals surface area contributed by atoms with Crippen molar-refractivity contribution in [1.82, 2.24) is 14.8 Å². The fourth-order valence-electron chi connectivity index (χ4n) is 3.73. The minimum Gasteiger partial charge on any atom is -0.485 e. The fraction of sp³-hybridized carbons (Fsp3) is 0.261. The average molecular weight is 470 g/mol. The number of amides is 2. The third kappa shape index (κ3) is 4.16. The summed E-state index contributed by atoms with van der Waals surface area (Å²) in [6, 6.07) is 14.7. The second-order valence-corrected chi connectivity index (χ2v) is 8.82. The van der Waals surface area contributed by atoms with Gasteiger partial charge >= 0.3 is 0 Å². The minimum absolute atomic E-state index is 0.120. The van der Waals surface area contributed by atoms with E-state index >= 15 is 0 Å². The van der Waals surface area contributed by atoms with Gasteiger partial charge in [0.2, 0.25) is 6.10 Å². The van der Waals surface area contributed by atoms with E-state index in [-0.39, 0.29) is 18.4 Å². The first-order chi connectivity index (χ1) is 15.6. The third-order valence-corrected chi connectivity index (χ3v) is 6.62. The van der Waals surface area contributed by atoms with Gasteiger partial charge in [-0.05, 0) is 24.3 Å². The third-order valence-electron chi connectivity index (χ3n) is 5.48. The number of thiazole rings is 1. The normalized spacial score (nSPS) is 17.8. The van der Waals surface area contributed by atoms with E-state index in [4.69, 9.17) is 21.1 Å². The van der Waals surface area contributed by atoms with Crippen LogP contribution in [0.1, 0.15) is 10.5 Å². The van der Waals surface area contributed by atoms with Crippen molar-refractivity contribution in [2.24, 2.45) is 0 Å². The van der Waals surface area contributed by atoms with Gasteiger partial charge in [0, 0.05) is 42.1 Å². The van der Waals surface area contributed by atoms with E-state index in [0.717, 1.165) is 10.6 Å². The Balaban J connectivity index is 1.18. The molecule has 1 saturated heterocycles. The summed E-state index contributed by atoms with van der Waals surface area (Å²) in [5, 5.41) is 3.20.